The van der Waals surface area contributed by atoms with Crippen LogP contribution >= 0.6 is 0 Å². The number of urea groups is 1. The van der Waals surface area contributed by atoms with Gasteiger partial charge < -0.3 is 20.1 Å². The Morgan fingerprint density at radius 2 is 1.58 bits per heavy atom. The average molecular weight is 544 g/mol. The summed E-state index contributed by atoms with van der Waals surface area (Å²) in [7, 11) is -4.42. The van der Waals surface area contributed by atoms with Gasteiger partial charge in [-0.1, -0.05) is 0 Å². The van der Waals surface area contributed by atoms with Crippen LogP contribution in [0.5, 0.6) is 0 Å². The van der Waals surface area contributed by atoms with Crippen LogP contribution in [0.15, 0.2) is 47.4 Å². The van der Waals surface area contributed by atoms with E-state index in [0.29, 0.717) is 48.3 Å². The highest BCUT2D eigenvalue weighted by atomic mass is 32.2. The van der Waals surface area contributed by atoms with Gasteiger partial charge in [0.25, 0.3) is 10.1 Å². The van der Waals surface area contributed by atoms with Gasteiger partial charge in [-0.2, -0.15) is 8.42 Å². The highest BCUT2D eigenvalue weighted by Crippen LogP contribution is 2.28. The van der Waals surface area contributed by atoms with Crippen LogP contribution < -0.4 is 16.0 Å². The molecular weight excluding hydrogens is 510 g/mol. The maximum Gasteiger partial charge on any atom is 0.321 e. The van der Waals surface area contributed by atoms with E-state index in [0.717, 1.165) is 51.1 Å². The third kappa shape index (κ3) is 6.44. The van der Waals surface area contributed by atoms with E-state index in [1.54, 1.807) is 4.57 Å². The van der Waals surface area contributed by atoms with Gasteiger partial charge in [0.05, 0.1) is 15.9 Å². The number of benzene rings is 2. The van der Waals surface area contributed by atoms with E-state index >= 15 is 0 Å². The molecule has 2 fully saturated rings. The topological polar surface area (TPSA) is 144 Å². The molecule has 0 radical (unpaired) electrons. The molecule has 3 heterocycles. The van der Waals surface area contributed by atoms with Gasteiger partial charge in [0.2, 0.25) is 5.95 Å². The number of rotatable bonds is 8. The lowest BCUT2D eigenvalue weighted by atomic mass is 10.0. The maximum atomic E-state index is 12.8. The highest BCUT2D eigenvalue weighted by molar-refractivity contribution is 7.85. The summed E-state index contributed by atoms with van der Waals surface area (Å²) in [5, 5.41) is 9.18. The molecule has 2 aromatic carbocycles. The summed E-state index contributed by atoms with van der Waals surface area (Å²) < 4.78 is 45.7. The van der Waals surface area contributed by atoms with Gasteiger partial charge >= 0.3 is 6.03 Å². The van der Waals surface area contributed by atoms with E-state index in [4.69, 9.17) is 9.47 Å². The van der Waals surface area contributed by atoms with Crippen LogP contribution in [-0.2, 0) is 19.6 Å². The van der Waals surface area contributed by atoms with E-state index in [2.05, 4.69) is 20.9 Å². The van der Waals surface area contributed by atoms with Crippen molar-refractivity contribution >= 4 is 38.8 Å². The minimum atomic E-state index is -4.42. The molecule has 12 heteroatoms. The lowest BCUT2D eigenvalue weighted by Gasteiger charge is -2.22. The van der Waals surface area contributed by atoms with Crippen LogP contribution in [0, 0.1) is 11.8 Å². The first-order valence-corrected chi connectivity index (χ1v) is 14.4. The van der Waals surface area contributed by atoms with Crippen molar-refractivity contribution < 1.29 is 27.2 Å². The Balaban J connectivity index is 1.38. The highest BCUT2D eigenvalue weighted by Gasteiger charge is 2.20. The average Bonchev–Trinajstić information content (AvgIpc) is 3.28. The molecule has 3 aromatic rings. The number of anilines is 2. The molecule has 2 aliphatic heterocycles. The zero-order chi connectivity index (χ0) is 26.5. The van der Waals surface area contributed by atoms with Gasteiger partial charge in [0.1, 0.15) is 0 Å². The first-order chi connectivity index (χ1) is 18.4. The largest absolute Gasteiger partial charge is 0.385 e. The summed E-state index contributed by atoms with van der Waals surface area (Å²) in [6.45, 7) is 4.36. The summed E-state index contributed by atoms with van der Waals surface area (Å²) in [5.74, 6) is 1.15. The Hall–Kier alpha value is -3.19. The van der Waals surface area contributed by atoms with Gasteiger partial charge in [-0.05, 0) is 80.0 Å². The smallest absolute Gasteiger partial charge is 0.321 e. The molecule has 0 aliphatic carbocycles. The molecule has 0 spiro atoms. The molecule has 11 nitrogen and oxygen atoms in total. The standard InChI is InChI=1S/C26H33N5O6S/c32-26(28-17-19-9-13-37-14-10-19)30-25-29-23-6-5-22(38(33,34)35)15-24(23)31(25)21-3-1-20(2-4-21)27-16-18-7-11-36-12-8-18/h1-6,15,18-19,27H,7-14,16-17H2,(H,33,34,35)(H2,28,29,30,32). The molecule has 2 saturated heterocycles. The number of amides is 2. The Morgan fingerprint density at radius 3 is 2.21 bits per heavy atom. The van der Waals surface area contributed by atoms with Gasteiger partial charge in [0, 0.05) is 50.9 Å². The van der Waals surface area contributed by atoms with Crippen molar-refractivity contribution in [1.82, 2.24) is 14.9 Å². The third-order valence-electron chi connectivity index (χ3n) is 7.10. The van der Waals surface area contributed by atoms with Gasteiger partial charge in [-0.25, -0.2) is 9.78 Å². The number of nitrogens with one attached hydrogen (secondary N) is 3. The number of carbonyl (C=O) groups is 1. The normalized spacial score (nSPS) is 17.4. The van der Waals surface area contributed by atoms with Crippen molar-refractivity contribution in [3.8, 4) is 5.69 Å². The predicted molar refractivity (Wildman–Crippen MR) is 143 cm³/mol. The molecule has 0 atom stereocenters. The molecule has 0 unspecified atom stereocenters. The van der Waals surface area contributed by atoms with Crippen LogP contribution in [0.3, 0.4) is 0 Å². The minimum absolute atomic E-state index is 0.236. The van der Waals surface area contributed by atoms with Crippen molar-refractivity contribution in [2.45, 2.75) is 30.6 Å². The monoisotopic (exact) mass is 543 g/mol. The van der Waals surface area contributed by atoms with E-state index in [1.807, 2.05) is 24.3 Å². The zero-order valence-electron chi connectivity index (χ0n) is 21.1. The van der Waals surface area contributed by atoms with Crippen molar-refractivity contribution in [2.24, 2.45) is 11.8 Å². The molecule has 5 rings (SSSR count). The first kappa shape index (κ1) is 26.4. The second-order valence-electron chi connectivity index (χ2n) is 9.77. The lowest BCUT2D eigenvalue weighted by molar-refractivity contribution is 0.0671. The Kier molecular flexibility index (Phi) is 8.12. The van der Waals surface area contributed by atoms with Gasteiger partial charge in [-0.3, -0.25) is 14.4 Å². The van der Waals surface area contributed by atoms with Gasteiger partial charge in [-0.15, -0.1) is 0 Å². The molecule has 2 aliphatic rings. The number of fused-ring (bicyclic) bond motifs is 1. The van der Waals surface area contributed by atoms with Crippen LogP contribution in [0.1, 0.15) is 25.7 Å². The molecular formula is C26H33N5O6S. The molecule has 204 valence electrons. The second kappa shape index (κ2) is 11.7. The molecule has 2 amide bonds. The SMILES string of the molecule is O=C(NCC1CCOCC1)Nc1nc2ccc(S(=O)(=O)O)cc2n1-c1ccc(NCC2CCOCC2)cc1. The van der Waals surface area contributed by atoms with Crippen molar-refractivity contribution in [1.29, 1.82) is 0 Å². The molecule has 4 N–H and O–H groups in total. The Morgan fingerprint density at radius 1 is 0.947 bits per heavy atom. The fraction of sp³-hybridized carbons (Fsp3) is 0.462. The molecule has 0 saturated carbocycles. The lowest BCUT2D eigenvalue weighted by Crippen LogP contribution is -2.35. The van der Waals surface area contributed by atoms with Crippen molar-refractivity contribution in [3.05, 3.63) is 42.5 Å². The van der Waals surface area contributed by atoms with Crippen molar-refractivity contribution in [2.75, 3.05) is 50.2 Å². The third-order valence-corrected chi connectivity index (χ3v) is 7.95. The second-order valence-corrected chi connectivity index (χ2v) is 11.2. The molecule has 0 bridgehead atoms. The van der Waals surface area contributed by atoms with Crippen LogP contribution in [0.2, 0.25) is 0 Å². The van der Waals surface area contributed by atoms with Crippen molar-refractivity contribution in [3.63, 3.8) is 0 Å². The predicted octanol–water partition coefficient (Wildman–Crippen LogP) is 3.66. The number of nitrogens with zero attached hydrogens (tertiary/aromatic N) is 2. The van der Waals surface area contributed by atoms with E-state index in [-0.39, 0.29) is 10.8 Å². The summed E-state index contributed by atoms with van der Waals surface area (Å²) in [5.41, 5.74) is 2.53. The zero-order valence-corrected chi connectivity index (χ0v) is 21.9. The first-order valence-electron chi connectivity index (χ1n) is 12.9. The number of ether oxygens (including phenoxy) is 2. The molecule has 38 heavy (non-hydrogen) atoms. The summed E-state index contributed by atoms with van der Waals surface area (Å²) in [6, 6.07) is 11.3. The summed E-state index contributed by atoms with van der Waals surface area (Å²) in [6.07, 6.45) is 3.86. The maximum absolute atomic E-state index is 12.8. The molecule has 1 aromatic heterocycles. The van der Waals surface area contributed by atoms with E-state index in [1.165, 1.54) is 18.2 Å². The number of hydrogen-bond acceptors (Lipinski definition) is 7. The number of imidazole rings is 1. The minimum Gasteiger partial charge on any atom is -0.385 e. The number of aromatic nitrogens is 2. The fourth-order valence-corrected chi connectivity index (χ4v) is 5.34. The Labute approximate surface area is 221 Å². The Bertz CT molecular complexity index is 1360. The number of carbonyl (C=O) groups excluding carboxylic acids is 1. The number of hydrogen-bond donors (Lipinski definition) is 4. The summed E-state index contributed by atoms with van der Waals surface area (Å²) >= 11 is 0. The van der Waals surface area contributed by atoms with Gasteiger partial charge in [0.15, 0.2) is 0 Å². The quantitative estimate of drug-likeness (QED) is 0.315. The van der Waals surface area contributed by atoms with E-state index < -0.39 is 16.1 Å². The van der Waals surface area contributed by atoms with E-state index in [9.17, 15) is 17.8 Å². The van der Waals surface area contributed by atoms with Crippen LogP contribution in [0.25, 0.3) is 16.7 Å². The van der Waals surface area contributed by atoms with Crippen LogP contribution in [0.4, 0.5) is 16.4 Å². The fourth-order valence-electron chi connectivity index (χ4n) is 4.84. The van der Waals surface area contributed by atoms with Crippen LogP contribution in [-0.4, -0.2) is 68.1 Å². The summed E-state index contributed by atoms with van der Waals surface area (Å²) in [4.78, 5) is 17.1.